The van der Waals surface area contributed by atoms with Crippen molar-refractivity contribution in [3.63, 3.8) is 0 Å². The molecule has 0 saturated heterocycles. The number of hydrogen-bond donors (Lipinski definition) is 0. The highest BCUT2D eigenvalue weighted by atomic mass is 35.5. The van der Waals surface area contributed by atoms with Gasteiger partial charge in [0, 0.05) is 0 Å². The van der Waals surface area contributed by atoms with E-state index in [0.717, 1.165) is 12.8 Å². The molecule has 1 aromatic carbocycles. The Hall–Kier alpha value is -0.490. The van der Waals surface area contributed by atoms with Crippen molar-refractivity contribution in [3.05, 3.63) is 34.9 Å². The van der Waals surface area contributed by atoms with Crippen molar-refractivity contribution in [1.29, 1.82) is 0 Å². The highest BCUT2D eigenvalue weighted by molar-refractivity contribution is 6.21. The number of rotatable bonds is 2. The van der Waals surface area contributed by atoms with Crippen LogP contribution in [0.2, 0.25) is 0 Å². The van der Waals surface area contributed by atoms with E-state index < -0.39 is 0 Å². The molecule has 88 valence electrons. The normalized spacial score (nSPS) is 24.6. The third kappa shape index (κ3) is 2.43. The van der Waals surface area contributed by atoms with Crippen LogP contribution >= 0.6 is 11.6 Å². The van der Waals surface area contributed by atoms with Crippen LogP contribution in [0, 0.1) is 5.92 Å². The van der Waals surface area contributed by atoms with Gasteiger partial charge in [-0.1, -0.05) is 39.0 Å². The van der Waals surface area contributed by atoms with Gasteiger partial charge in [0.25, 0.3) is 0 Å². The van der Waals surface area contributed by atoms with E-state index in [9.17, 15) is 0 Å². The van der Waals surface area contributed by atoms with Gasteiger partial charge in [-0.2, -0.15) is 0 Å². The van der Waals surface area contributed by atoms with Gasteiger partial charge in [0.15, 0.2) is 0 Å². The standard InChI is InChI=1S/C15H21Cl/c1-10(2)8-12-5-6-13-11(3)4-7-15(16)14(13)9-12/h5-6,9-11,15H,4,7-8H2,1-3H3. The Morgan fingerprint density at radius 3 is 2.69 bits per heavy atom. The lowest BCUT2D eigenvalue weighted by Gasteiger charge is -2.27. The van der Waals surface area contributed by atoms with Crippen LogP contribution in [0.1, 0.15) is 61.6 Å². The Morgan fingerprint density at radius 2 is 2.00 bits per heavy atom. The van der Waals surface area contributed by atoms with Crippen LogP contribution in [0.5, 0.6) is 0 Å². The highest BCUT2D eigenvalue weighted by Gasteiger charge is 2.23. The maximum absolute atomic E-state index is 6.42. The summed E-state index contributed by atoms with van der Waals surface area (Å²) in [5, 5.41) is 0.235. The second-order valence-corrected chi connectivity index (χ2v) is 6.03. The predicted octanol–water partition coefficient (Wildman–Crippen LogP) is 5.06. The van der Waals surface area contributed by atoms with Crippen molar-refractivity contribution in [2.24, 2.45) is 5.92 Å². The lowest BCUT2D eigenvalue weighted by molar-refractivity contribution is 0.576. The van der Waals surface area contributed by atoms with Crippen molar-refractivity contribution in [3.8, 4) is 0 Å². The van der Waals surface area contributed by atoms with E-state index >= 15 is 0 Å². The van der Waals surface area contributed by atoms with E-state index in [1.807, 2.05) is 0 Å². The summed E-state index contributed by atoms with van der Waals surface area (Å²) < 4.78 is 0. The van der Waals surface area contributed by atoms with Gasteiger partial charge in [-0.05, 0) is 47.8 Å². The Kier molecular flexibility index (Phi) is 3.59. The van der Waals surface area contributed by atoms with E-state index in [1.54, 1.807) is 0 Å². The van der Waals surface area contributed by atoms with Crippen LogP contribution in [0.25, 0.3) is 0 Å². The summed E-state index contributed by atoms with van der Waals surface area (Å²) in [6.07, 6.45) is 3.51. The smallest absolute Gasteiger partial charge is 0.0588 e. The number of alkyl halides is 1. The van der Waals surface area contributed by atoms with E-state index in [1.165, 1.54) is 23.1 Å². The average molecular weight is 237 g/mol. The molecular formula is C15H21Cl. The third-order valence-electron chi connectivity index (χ3n) is 3.52. The molecule has 1 aliphatic carbocycles. The molecule has 0 heterocycles. The predicted molar refractivity (Wildman–Crippen MR) is 71.2 cm³/mol. The summed E-state index contributed by atoms with van der Waals surface area (Å²) >= 11 is 6.42. The minimum absolute atomic E-state index is 0.235. The molecule has 0 radical (unpaired) electrons. The molecule has 2 rings (SSSR count). The molecule has 0 fully saturated rings. The molecule has 0 saturated carbocycles. The van der Waals surface area contributed by atoms with Gasteiger partial charge in [-0.15, -0.1) is 11.6 Å². The minimum Gasteiger partial charge on any atom is -0.118 e. The van der Waals surface area contributed by atoms with Crippen LogP contribution in [0.3, 0.4) is 0 Å². The monoisotopic (exact) mass is 236 g/mol. The zero-order chi connectivity index (χ0) is 11.7. The average Bonchev–Trinajstić information content (AvgIpc) is 2.23. The molecule has 0 bridgehead atoms. The van der Waals surface area contributed by atoms with E-state index in [4.69, 9.17) is 11.6 Å². The first-order valence-electron chi connectivity index (χ1n) is 6.34. The van der Waals surface area contributed by atoms with Crippen molar-refractivity contribution in [2.45, 2.75) is 51.3 Å². The molecule has 0 N–H and O–H groups in total. The zero-order valence-corrected chi connectivity index (χ0v) is 11.2. The Bertz CT molecular complexity index is 368. The van der Waals surface area contributed by atoms with Crippen molar-refractivity contribution >= 4 is 11.6 Å². The summed E-state index contributed by atoms with van der Waals surface area (Å²) in [5.41, 5.74) is 4.30. The van der Waals surface area contributed by atoms with Crippen molar-refractivity contribution < 1.29 is 0 Å². The van der Waals surface area contributed by atoms with Gasteiger partial charge in [0.2, 0.25) is 0 Å². The van der Waals surface area contributed by atoms with Crippen LogP contribution in [-0.2, 0) is 6.42 Å². The number of benzene rings is 1. The summed E-state index contributed by atoms with van der Waals surface area (Å²) in [6, 6.07) is 6.92. The van der Waals surface area contributed by atoms with Gasteiger partial charge in [0.1, 0.15) is 0 Å². The minimum atomic E-state index is 0.235. The fraction of sp³-hybridized carbons (Fsp3) is 0.600. The fourth-order valence-corrected chi connectivity index (χ4v) is 2.96. The van der Waals surface area contributed by atoms with E-state index in [2.05, 4.69) is 39.0 Å². The molecule has 0 spiro atoms. The maximum Gasteiger partial charge on any atom is 0.0588 e. The van der Waals surface area contributed by atoms with Crippen LogP contribution < -0.4 is 0 Å². The number of fused-ring (bicyclic) bond motifs is 1. The summed E-state index contributed by atoms with van der Waals surface area (Å²) in [6.45, 7) is 6.84. The first-order valence-corrected chi connectivity index (χ1v) is 6.78. The van der Waals surface area contributed by atoms with Gasteiger partial charge >= 0.3 is 0 Å². The molecule has 0 aromatic heterocycles. The molecule has 1 aliphatic rings. The highest BCUT2D eigenvalue weighted by Crippen LogP contribution is 2.41. The van der Waals surface area contributed by atoms with Gasteiger partial charge in [0.05, 0.1) is 5.38 Å². The van der Waals surface area contributed by atoms with Crippen molar-refractivity contribution in [1.82, 2.24) is 0 Å². The zero-order valence-electron chi connectivity index (χ0n) is 10.5. The second kappa shape index (κ2) is 4.79. The molecule has 2 unspecified atom stereocenters. The molecule has 0 amide bonds. The lowest BCUT2D eigenvalue weighted by atomic mass is 9.82. The SMILES string of the molecule is CC(C)Cc1ccc2c(c1)C(Cl)CCC2C. The Labute approximate surface area is 104 Å². The quantitative estimate of drug-likeness (QED) is 0.630. The molecule has 1 heteroatoms. The van der Waals surface area contributed by atoms with E-state index in [-0.39, 0.29) is 5.38 Å². The fourth-order valence-electron chi connectivity index (χ4n) is 2.65. The third-order valence-corrected chi connectivity index (χ3v) is 3.97. The second-order valence-electron chi connectivity index (χ2n) is 5.51. The summed E-state index contributed by atoms with van der Waals surface area (Å²) in [7, 11) is 0. The number of hydrogen-bond acceptors (Lipinski definition) is 0. The molecule has 0 aliphatic heterocycles. The first-order chi connectivity index (χ1) is 7.58. The summed E-state index contributed by atoms with van der Waals surface area (Å²) in [5.74, 6) is 1.39. The largest absolute Gasteiger partial charge is 0.118 e. The van der Waals surface area contributed by atoms with Gasteiger partial charge in [-0.3, -0.25) is 0 Å². The van der Waals surface area contributed by atoms with Gasteiger partial charge < -0.3 is 0 Å². The summed E-state index contributed by atoms with van der Waals surface area (Å²) in [4.78, 5) is 0. The molecule has 16 heavy (non-hydrogen) atoms. The van der Waals surface area contributed by atoms with Crippen molar-refractivity contribution in [2.75, 3.05) is 0 Å². The lowest BCUT2D eigenvalue weighted by Crippen LogP contribution is -2.10. The molecule has 1 aromatic rings. The first kappa shape index (κ1) is 12.0. The van der Waals surface area contributed by atoms with Gasteiger partial charge in [-0.25, -0.2) is 0 Å². The Morgan fingerprint density at radius 1 is 1.25 bits per heavy atom. The molecular weight excluding hydrogens is 216 g/mol. The Balaban J connectivity index is 2.32. The molecule has 2 atom stereocenters. The topological polar surface area (TPSA) is 0 Å². The van der Waals surface area contributed by atoms with E-state index in [0.29, 0.717) is 11.8 Å². The van der Waals surface area contributed by atoms with Crippen LogP contribution in [-0.4, -0.2) is 0 Å². The molecule has 0 nitrogen and oxygen atoms in total. The van der Waals surface area contributed by atoms with Crippen LogP contribution in [0.4, 0.5) is 0 Å². The van der Waals surface area contributed by atoms with Crippen LogP contribution in [0.15, 0.2) is 18.2 Å². The number of halogens is 1. The maximum atomic E-state index is 6.42.